The van der Waals surface area contributed by atoms with Crippen LogP contribution in [0.2, 0.25) is 0 Å². The van der Waals surface area contributed by atoms with Gasteiger partial charge < -0.3 is 9.84 Å². The monoisotopic (exact) mass is 232 g/mol. The summed E-state index contributed by atoms with van der Waals surface area (Å²) in [5.41, 5.74) is 2.57. The standard InChI is InChI=1S/C15H20O2/c1-15(7-4-8-17-15)14(16)10-12-9-11-5-2-3-6-13(11)12/h2-3,5-6,12,14,16H,4,7-10H2,1H3. The predicted molar refractivity (Wildman–Crippen MR) is 67.1 cm³/mol. The Morgan fingerprint density at radius 2 is 2.29 bits per heavy atom. The Labute approximate surface area is 103 Å². The van der Waals surface area contributed by atoms with E-state index in [9.17, 15) is 5.11 Å². The maximum atomic E-state index is 10.3. The van der Waals surface area contributed by atoms with E-state index >= 15 is 0 Å². The summed E-state index contributed by atoms with van der Waals surface area (Å²) in [4.78, 5) is 0. The van der Waals surface area contributed by atoms with Crippen LogP contribution in [-0.4, -0.2) is 23.4 Å². The number of fused-ring (bicyclic) bond motifs is 1. The third-order valence-electron chi connectivity index (χ3n) is 4.42. The van der Waals surface area contributed by atoms with Gasteiger partial charge in [0.25, 0.3) is 0 Å². The Balaban J connectivity index is 1.66. The Bertz CT molecular complexity index is 407. The van der Waals surface area contributed by atoms with Crippen LogP contribution in [0.15, 0.2) is 24.3 Å². The fourth-order valence-corrected chi connectivity index (χ4v) is 3.16. The molecule has 0 saturated carbocycles. The third kappa shape index (κ3) is 1.90. The summed E-state index contributed by atoms with van der Waals surface area (Å²) in [5.74, 6) is 0.530. The van der Waals surface area contributed by atoms with Crippen LogP contribution in [0.25, 0.3) is 0 Å². The van der Waals surface area contributed by atoms with Crippen molar-refractivity contribution in [1.29, 1.82) is 0 Å². The lowest BCUT2D eigenvalue weighted by Crippen LogP contribution is -2.40. The highest BCUT2D eigenvalue weighted by Crippen LogP contribution is 2.41. The molecule has 2 nitrogen and oxygen atoms in total. The summed E-state index contributed by atoms with van der Waals surface area (Å²) in [5, 5.41) is 10.3. The van der Waals surface area contributed by atoms with Crippen molar-refractivity contribution in [2.45, 2.75) is 50.2 Å². The summed E-state index contributed by atoms with van der Waals surface area (Å²) < 4.78 is 5.71. The molecule has 17 heavy (non-hydrogen) atoms. The first kappa shape index (κ1) is 11.2. The quantitative estimate of drug-likeness (QED) is 0.868. The molecular formula is C15H20O2. The van der Waals surface area contributed by atoms with E-state index in [1.54, 1.807) is 0 Å². The van der Waals surface area contributed by atoms with Crippen LogP contribution in [0.4, 0.5) is 0 Å². The number of aliphatic hydroxyl groups is 1. The van der Waals surface area contributed by atoms with E-state index in [4.69, 9.17) is 4.74 Å². The fraction of sp³-hybridized carbons (Fsp3) is 0.600. The summed E-state index contributed by atoms with van der Waals surface area (Å²) >= 11 is 0. The molecule has 1 fully saturated rings. The molecule has 0 amide bonds. The average Bonchev–Trinajstić information content (AvgIpc) is 2.74. The van der Waals surface area contributed by atoms with Gasteiger partial charge in [-0.25, -0.2) is 0 Å². The highest BCUT2D eigenvalue weighted by atomic mass is 16.5. The minimum atomic E-state index is -0.330. The van der Waals surface area contributed by atoms with Crippen LogP contribution in [-0.2, 0) is 11.2 Å². The lowest BCUT2D eigenvalue weighted by atomic mass is 9.73. The molecule has 0 radical (unpaired) electrons. The van der Waals surface area contributed by atoms with Crippen molar-refractivity contribution in [1.82, 2.24) is 0 Å². The topological polar surface area (TPSA) is 29.5 Å². The van der Waals surface area contributed by atoms with Crippen LogP contribution in [0.3, 0.4) is 0 Å². The Hall–Kier alpha value is -0.860. The molecule has 1 aromatic rings. The number of benzene rings is 1. The van der Waals surface area contributed by atoms with E-state index in [0.717, 1.165) is 32.3 Å². The summed E-state index contributed by atoms with van der Waals surface area (Å²) in [6.07, 6.45) is 3.69. The second-order valence-electron chi connectivity index (χ2n) is 5.62. The van der Waals surface area contributed by atoms with Crippen molar-refractivity contribution in [2.75, 3.05) is 6.61 Å². The summed E-state index contributed by atoms with van der Waals surface area (Å²) in [6.45, 7) is 2.85. The Kier molecular flexibility index (Phi) is 2.72. The first-order valence-corrected chi connectivity index (χ1v) is 6.59. The highest BCUT2D eigenvalue weighted by Gasteiger charge is 2.40. The van der Waals surface area contributed by atoms with E-state index in [1.807, 2.05) is 0 Å². The van der Waals surface area contributed by atoms with Crippen LogP contribution in [0, 0.1) is 0 Å². The summed E-state index contributed by atoms with van der Waals surface area (Å²) in [7, 11) is 0. The molecule has 3 rings (SSSR count). The SMILES string of the molecule is CC1(C(O)CC2Cc3ccccc32)CCCO1. The van der Waals surface area contributed by atoms with Crippen molar-refractivity contribution in [2.24, 2.45) is 0 Å². The molecule has 1 heterocycles. The molecule has 1 saturated heterocycles. The zero-order chi connectivity index (χ0) is 11.9. The lowest BCUT2D eigenvalue weighted by molar-refractivity contribution is -0.0833. The van der Waals surface area contributed by atoms with E-state index in [2.05, 4.69) is 31.2 Å². The highest BCUT2D eigenvalue weighted by molar-refractivity contribution is 5.39. The maximum Gasteiger partial charge on any atom is 0.0913 e. The van der Waals surface area contributed by atoms with Gasteiger partial charge in [-0.3, -0.25) is 0 Å². The van der Waals surface area contributed by atoms with Crippen LogP contribution in [0.1, 0.15) is 43.2 Å². The lowest BCUT2D eigenvalue weighted by Gasteiger charge is -2.36. The zero-order valence-corrected chi connectivity index (χ0v) is 10.4. The number of hydrogen-bond donors (Lipinski definition) is 1. The first-order valence-electron chi connectivity index (χ1n) is 6.59. The first-order chi connectivity index (χ1) is 8.19. The molecule has 0 bridgehead atoms. The summed E-state index contributed by atoms with van der Waals surface area (Å²) in [6, 6.07) is 8.55. The van der Waals surface area contributed by atoms with Crippen molar-refractivity contribution in [3.8, 4) is 0 Å². The van der Waals surface area contributed by atoms with Gasteiger partial charge in [0.05, 0.1) is 11.7 Å². The minimum Gasteiger partial charge on any atom is -0.390 e. The van der Waals surface area contributed by atoms with Gasteiger partial charge in [0, 0.05) is 6.61 Å². The number of ether oxygens (including phenoxy) is 1. The number of hydrogen-bond acceptors (Lipinski definition) is 2. The number of aliphatic hydroxyl groups excluding tert-OH is 1. The van der Waals surface area contributed by atoms with Gasteiger partial charge in [-0.15, -0.1) is 0 Å². The van der Waals surface area contributed by atoms with Gasteiger partial charge in [-0.2, -0.15) is 0 Å². The molecule has 1 aromatic carbocycles. The average molecular weight is 232 g/mol. The minimum absolute atomic E-state index is 0.301. The molecule has 3 atom stereocenters. The van der Waals surface area contributed by atoms with Gasteiger partial charge in [0.15, 0.2) is 0 Å². The van der Waals surface area contributed by atoms with Crippen molar-refractivity contribution in [3.05, 3.63) is 35.4 Å². The van der Waals surface area contributed by atoms with Crippen molar-refractivity contribution in [3.63, 3.8) is 0 Å². The molecule has 0 spiro atoms. The van der Waals surface area contributed by atoms with Gasteiger partial charge in [0.2, 0.25) is 0 Å². The van der Waals surface area contributed by atoms with E-state index in [1.165, 1.54) is 11.1 Å². The van der Waals surface area contributed by atoms with Crippen LogP contribution >= 0.6 is 0 Å². The molecule has 0 aromatic heterocycles. The molecule has 1 N–H and O–H groups in total. The predicted octanol–water partition coefficient (Wildman–Crippen LogP) is 2.65. The molecule has 92 valence electrons. The van der Waals surface area contributed by atoms with E-state index < -0.39 is 0 Å². The van der Waals surface area contributed by atoms with Gasteiger partial charge >= 0.3 is 0 Å². The van der Waals surface area contributed by atoms with E-state index in [0.29, 0.717) is 5.92 Å². The van der Waals surface area contributed by atoms with Gasteiger partial charge in [-0.05, 0) is 49.7 Å². The van der Waals surface area contributed by atoms with Crippen LogP contribution in [0.5, 0.6) is 0 Å². The molecular weight excluding hydrogens is 212 g/mol. The number of rotatable bonds is 3. The van der Waals surface area contributed by atoms with E-state index in [-0.39, 0.29) is 11.7 Å². The van der Waals surface area contributed by atoms with Crippen molar-refractivity contribution < 1.29 is 9.84 Å². The van der Waals surface area contributed by atoms with Gasteiger partial charge in [0.1, 0.15) is 0 Å². The zero-order valence-electron chi connectivity index (χ0n) is 10.4. The van der Waals surface area contributed by atoms with Gasteiger partial charge in [-0.1, -0.05) is 24.3 Å². The molecule has 2 heteroatoms. The smallest absolute Gasteiger partial charge is 0.0913 e. The van der Waals surface area contributed by atoms with Crippen LogP contribution < -0.4 is 0 Å². The Morgan fingerprint density at radius 3 is 3.00 bits per heavy atom. The molecule has 1 aliphatic heterocycles. The Morgan fingerprint density at radius 1 is 1.47 bits per heavy atom. The molecule has 1 aliphatic carbocycles. The second kappa shape index (κ2) is 4.11. The third-order valence-corrected chi connectivity index (χ3v) is 4.42. The maximum absolute atomic E-state index is 10.3. The normalized spacial score (nSPS) is 32.9. The molecule has 3 unspecified atom stereocenters. The molecule has 2 aliphatic rings. The van der Waals surface area contributed by atoms with Crippen molar-refractivity contribution >= 4 is 0 Å². The largest absolute Gasteiger partial charge is 0.390 e. The second-order valence-corrected chi connectivity index (χ2v) is 5.62. The fourth-order valence-electron chi connectivity index (χ4n) is 3.16.